The maximum absolute atomic E-state index is 13.9. The molecule has 226 valence electrons. The van der Waals surface area contributed by atoms with Crippen molar-refractivity contribution in [2.45, 2.75) is 57.2 Å². The third kappa shape index (κ3) is 6.65. The molecule has 0 radical (unpaired) electrons. The van der Waals surface area contributed by atoms with E-state index in [1.54, 1.807) is 4.90 Å². The van der Waals surface area contributed by atoms with Crippen LogP contribution >= 0.6 is 0 Å². The number of aliphatic hydroxyl groups excluding tert-OH is 2. The first-order valence-corrected chi connectivity index (χ1v) is 13.5. The van der Waals surface area contributed by atoms with Crippen LogP contribution in [0.4, 0.5) is 31.1 Å². The van der Waals surface area contributed by atoms with Crippen LogP contribution in [-0.2, 0) is 18.9 Å². The number of benzene rings is 2. The summed E-state index contributed by atoms with van der Waals surface area (Å²) in [5.74, 6) is 0. The molecule has 6 nitrogen and oxygen atoms in total. The molecule has 41 heavy (non-hydrogen) atoms. The van der Waals surface area contributed by atoms with Gasteiger partial charge in [0.15, 0.2) is 0 Å². The van der Waals surface area contributed by atoms with Crippen LogP contribution in [0.15, 0.2) is 42.5 Å². The predicted molar refractivity (Wildman–Crippen MR) is 140 cm³/mol. The topological polar surface area (TPSA) is 67.2 Å². The molecule has 2 unspecified atom stereocenters. The minimum atomic E-state index is -4.98. The Labute approximate surface area is 235 Å². The lowest BCUT2D eigenvalue weighted by Crippen LogP contribution is -2.56. The van der Waals surface area contributed by atoms with Gasteiger partial charge < -0.3 is 20.0 Å². The zero-order valence-corrected chi connectivity index (χ0v) is 23.0. The number of nitrogens with zero attached hydrogens (tertiary/aromatic N) is 3. The van der Waals surface area contributed by atoms with Crippen LogP contribution in [0.25, 0.3) is 0 Å². The molecule has 2 saturated heterocycles. The molecular weight excluding hydrogens is 552 g/mol. The Kier molecular flexibility index (Phi) is 8.96. The number of halogens is 6. The molecule has 2 atom stereocenters. The SMILES string of the molecule is Cc1ccccc1C1C2CC(CCO)(CCO)CN2CCN1C(=O)N(C)Cc1cc(C(F)(F)F)cc(C(F)(F)F)c1. The molecule has 2 aliphatic heterocycles. The molecule has 2 aromatic rings. The van der Waals surface area contributed by atoms with Crippen LogP contribution in [0.5, 0.6) is 0 Å². The van der Waals surface area contributed by atoms with Gasteiger partial charge in [-0.15, -0.1) is 0 Å². The van der Waals surface area contributed by atoms with Crippen molar-refractivity contribution in [3.63, 3.8) is 0 Å². The van der Waals surface area contributed by atoms with Gasteiger partial charge >= 0.3 is 18.4 Å². The Morgan fingerprint density at radius 2 is 1.56 bits per heavy atom. The van der Waals surface area contributed by atoms with Crippen molar-refractivity contribution in [1.29, 1.82) is 0 Å². The molecule has 0 spiro atoms. The molecule has 12 heteroatoms. The first-order valence-electron chi connectivity index (χ1n) is 13.5. The molecule has 0 saturated carbocycles. The minimum Gasteiger partial charge on any atom is -0.396 e. The van der Waals surface area contributed by atoms with E-state index < -0.39 is 42.1 Å². The molecule has 0 aliphatic carbocycles. The summed E-state index contributed by atoms with van der Waals surface area (Å²) in [7, 11) is 1.37. The third-order valence-electron chi connectivity index (χ3n) is 8.41. The van der Waals surface area contributed by atoms with E-state index in [-0.39, 0.29) is 36.3 Å². The predicted octanol–water partition coefficient (Wildman–Crippen LogP) is 5.47. The number of rotatable bonds is 7. The molecule has 2 amide bonds. The molecule has 2 aromatic carbocycles. The second-order valence-corrected chi connectivity index (χ2v) is 11.2. The highest BCUT2D eigenvalue weighted by atomic mass is 19.4. The average molecular weight is 588 g/mol. The molecule has 0 aromatic heterocycles. The van der Waals surface area contributed by atoms with Crippen LogP contribution in [-0.4, -0.2) is 76.9 Å². The molecule has 2 N–H and O–H groups in total. The fourth-order valence-electron chi connectivity index (χ4n) is 6.47. The Balaban J connectivity index is 1.67. The molecule has 2 fully saturated rings. The van der Waals surface area contributed by atoms with E-state index in [1.165, 1.54) is 7.05 Å². The van der Waals surface area contributed by atoms with Crippen molar-refractivity contribution in [3.8, 4) is 0 Å². The van der Waals surface area contributed by atoms with E-state index in [0.717, 1.165) is 16.0 Å². The standard InChI is InChI=1S/C29H35F6N3O3/c1-19-5-3-4-6-23(19)25-24-16-27(7-11-39,8-12-40)18-37(24)9-10-38(25)26(41)36(2)17-20-13-21(28(30,31)32)15-22(14-20)29(33,34)35/h3-6,13-15,24-25,39-40H,7-12,16-18H2,1-2H3. The van der Waals surface area contributed by atoms with E-state index in [4.69, 9.17) is 0 Å². The van der Waals surface area contributed by atoms with Crippen LogP contribution in [0.3, 0.4) is 0 Å². The van der Waals surface area contributed by atoms with Crippen molar-refractivity contribution >= 4 is 6.03 Å². The van der Waals surface area contributed by atoms with Crippen molar-refractivity contribution in [3.05, 3.63) is 70.3 Å². The second kappa shape index (κ2) is 11.8. The van der Waals surface area contributed by atoms with E-state index in [0.29, 0.717) is 51.0 Å². The zero-order chi connectivity index (χ0) is 30.2. The van der Waals surface area contributed by atoms with Crippen LogP contribution in [0, 0.1) is 12.3 Å². The summed E-state index contributed by atoms with van der Waals surface area (Å²) in [6.07, 6.45) is -8.37. The highest BCUT2D eigenvalue weighted by Gasteiger charge is 2.51. The summed E-state index contributed by atoms with van der Waals surface area (Å²) in [5, 5.41) is 19.5. The van der Waals surface area contributed by atoms with E-state index >= 15 is 0 Å². The molecule has 4 rings (SSSR count). The second-order valence-electron chi connectivity index (χ2n) is 11.2. The number of hydrogen-bond donors (Lipinski definition) is 2. The van der Waals surface area contributed by atoms with E-state index in [2.05, 4.69) is 4.90 Å². The van der Waals surface area contributed by atoms with Gasteiger partial charge in [0.05, 0.1) is 17.2 Å². The van der Waals surface area contributed by atoms with Gasteiger partial charge in [-0.2, -0.15) is 26.3 Å². The maximum atomic E-state index is 13.9. The van der Waals surface area contributed by atoms with Crippen molar-refractivity contribution < 1.29 is 41.4 Å². The lowest BCUT2D eigenvalue weighted by Gasteiger charge is -2.46. The summed E-state index contributed by atoms with van der Waals surface area (Å²) in [4.78, 5) is 18.9. The van der Waals surface area contributed by atoms with Gasteiger partial charge in [0.2, 0.25) is 0 Å². The average Bonchev–Trinajstić information content (AvgIpc) is 3.25. The first-order chi connectivity index (χ1) is 19.2. The number of alkyl halides is 6. The quantitative estimate of drug-likeness (QED) is 0.422. The van der Waals surface area contributed by atoms with Crippen LogP contribution in [0.2, 0.25) is 0 Å². The van der Waals surface area contributed by atoms with E-state index in [9.17, 15) is 41.4 Å². The maximum Gasteiger partial charge on any atom is 0.416 e. The van der Waals surface area contributed by atoms with Gasteiger partial charge in [-0.1, -0.05) is 24.3 Å². The number of fused-ring (bicyclic) bond motifs is 1. The van der Waals surface area contributed by atoms with Gasteiger partial charge in [-0.3, -0.25) is 4.90 Å². The highest BCUT2D eigenvalue weighted by Crippen LogP contribution is 2.48. The van der Waals surface area contributed by atoms with Crippen molar-refractivity contribution in [2.75, 3.05) is 39.9 Å². The number of carbonyl (C=O) groups is 1. The van der Waals surface area contributed by atoms with Crippen molar-refractivity contribution in [2.24, 2.45) is 5.41 Å². The van der Waals surface area contributed by atoms with Gasteiger partial charge in [0.1, 0.15) is 0 Å². The number of carbonyl (C=O) groups excluding carboxylic acids is 1. The number of piperazine rings is 1. The number of amides is 2. The molecule has 0 bridgehead atoms. The fraction of sp³-hybridized carbons (Fsp3) is 0.552. The smallest absolute Gasteiger partial charge is 0.396 e. The number of aryl methyl sites for hydroxylation is 1. The molecular formula is C29H35F6N3O3. The largest absolute Gasteiger partial charge is 0.416 e. The van der Waals surface area contributed by atoms with Gasteiger partial charge in [0.25, 0.3) is 0 Å². The fourth-order valence-corrected chi connectivity index (χ4v) is 6.47. The Hall–Kier alpha value is -2.83. The summed E-state index contributed by atoms with van der Waals surface area (Å²) in [6.45, 7) is 2.83. The third-order valence-corrected chi connectivity index (χ3v) is 8.41. The monoisotopic (exact) mass is 587 g/mol. The number of urea groups is 1. The Bertz CT molecular complexity index is 1200. The minimum absolute atomic E-state index is 0.0438. The lowest BCUT2D eigenvalue weighted by molar-refractivity contribution is -0.143. The summed E-state index contributed by atoms with van der Waals surface area (Å²) >= 11 is 0. The van der Waals surface area contributed by atoms with Crippen LogP contribution < -0.4 is 0 Å². The van der Waals surface area contributed by atoms with Crippen LogP contribution in [0.1, 0.15) is 53.1 Å². The summed E-state index contributed by atoms with van der Waals surface area (Å²) in [5.41, 5.74) is -1.64. The molecule has 2 heterocycles. The summed E-state index contributed by atoms with van der Waals surface area (Å²) in [6, 6.07) is 7.84. The number of aliphatic hydroxyl groups is 2. The summed E-state index contributed by atoms with van der Waals surface area (Å²) < 4.78 is 80.4. The Morgan fingerprint density at radius 3 is 2.10 bits per heavy atom. The van der Waals surface area contributed by atoms with Gasteiger partial charge in [0, 0.05) is 52.5 Å². The van der Waals surface area contributed by atoms with Gasteiger partial charge in [-0.05, 0) is 66.5 Å². The zero-order valence-electron chi connectivity index (χ0n) is 23.0. The number of hydrogen-bond acceptors (Lipinski definition) is 4. The lowest BCUT2D eigenvalue weighted by atomic mass is 9.77. The Morgan fingerprint density at radius 1 is 0.976 bits per heavy atom. The van der Waals surface area contributed by atoms with E-state index in [1.807, 2.05) is 31.2 Å². The first kappa shape index (κ1) is 31.1. The van der Waals surface area contributed by atoms with Gasteiger partial charge in [-0.25, -0.2) is 4.79 Å². The molecule has 2 aliphatic rings. The normalized spacial score (nSPS) is 21.2. The highest BCUT2D eigenvalue weighted by molar-refractivity contribution is 5.75. The van der Waals surface area contributed by atoms with Crippen molar-refractivity contribution in [1.82, 2.24) is 14.7 Å².